The van der Waals surface area contributed by atoms with Crippen molar-refractivity contribution in [3.8, 4) is 0 Å². The molecule has 5 heteroatoms. The van der Waals surface area contributed by atoms with Crippen molar-refractivity contribution in [3.63, 3.8) is 0 Å². The van der Waals surface area contributed by atoms with E-state index in [9.17, 15) is 9.36 Å². The number of hydrogen-bond acceptors (Lipinski definition) is 4. The van der Waals surface area contributed by atoms with Gasteiger partial charge < -0.3 is 9.05 Å². The summed E-state index contributed by atoms with van der Waals surface area (Å²) in [5.74, 6) is -0.291. The van der Waals surface area contributed by atoms with Crippen LogP contribution in [0.15, 0.2) is 36.4 Å². The van der Waals surface area contributed by atoms with Gasteiger partial charge in [-0.1, -0.05) is 36.4 Å². The minimum absolute atomic E-state index is 0.247. The zero-order chi connectivity index (χ0) is 12.7. The van der Waals surface area contributed by atoms with Crippen molar-refractivity contribution in [1.29, 1.82) is 0 Å². The molecule has 0 aromatic heterocycles. The summed E-state index contributed by atoms with van der Waals surface area (Å²) in [6.45, 7) is 0. The van der Waals surface area contributed by atoms with Gasteiger partial charge in [-0.3, -0.25) is 9.36 Å². The van der Waals surface area contributed by atoms with Crippen LogP contribution in [0.4, 0.5) is 0 Å². The van der Waals surface area contributed by atoms with E-state index in [0.29, 0.717) is 0 Å². The van der Waals surface area contributed by atoms with Crippen LogP contribution >= 0.6 is 7.60 Å². The van der Waals surface area contributed by atoms with Crippen LogP contribution in [0.3, 0.4) is 0 Å². The fraction of sp³-hybridized carbons (Fsp3) is 0.250. The van der Waals surface area contributed by atoms with Crippen LogP contribution in [0.5, 0.6) is 0 Å². The number of allylic oxidation sites excluding steroid dienone is 1. The number of benzene rings is 1. The molecule has 0 saturated carbocycles. The molecule has 0 aliphatic heterocycles. The lowest BCUT2D eigenvalue weighted by atomic mass is 10.2. The first-order valence-corrected chi connectivity index (χ1v) is 6.79. The van der Waals surface area contributed by atoms with Crippen LogP contribution in [0, 0.1) is 0 Å². The van der Waals surface area contributed by atoms with E-state index in [4.69, 9.17) is 0 Å². The molecule has 92 valence electrons. The molecule has 4 nitrogen and oxygen atoms in total. The SMILES string of the molecule is COP(=O)(CC(=O)/C=C/c1ccccc1)OC. The van der Waals surface area contributed by atoms with Gasteiger partial charge in [-0.25, -0.2) is 0 Å². The molecule has 1 rings (SSSR count). The van der Waals surface area contributed by atoms with Crippen molar-refractivity contribution < 1.29 is 18.4 Å². The molecular weight excluding hydrogens is 239 g/mol. The number of rotatable bonds is 6. The van der Waals surface area contributed by atoms with Crippen molar-refractivity contribution in [2.24, 2.45) is 0 Å². The summed E-state index contributed by atoms with van der Waals surface area (Å²) in [6.07, 6.45) is 2.79. The smallest absolute Gasteiger partial charge is 0.312 e. The highest BCUT2D eigenvalue weighted by Crippen LogP contribution is 2.46. The summed E-state index contributed by atoms with van der Waals surface area (Å²) < 4.78 is 21.0. The molecule has 17 heavy (non-hydrogen) atoms. The van der Waals surface area contributed by atoms with E-state index >= 15 is 0 Å². The van der Waals surface area contributed by atoms with Gasteiger partial charge in [-0.2, -0.15) is 0 Å². The first-order valence-electron chi connectivity index (χ1n) is 5.06. The molecule has 0 spiro atoms. The normalized spacial score (nSPS) is 11.9. The maximum Gasteiger partial charge on any atom is 0.337 e. The average molecular weight is 254 g/mol. The van der Waals surface area contributed by atoms with E-state index in [1.807, 2.05) is 30.3 Å². The van der Waals surface area contributed by atoms with E-state index < -0.39 is 7.60 Å². The van der Waals surface area contributed by atoms with E-state index in [1.165, 1.54) is 20.3 Å². The van der Waals surface area contributed by atoms with Crippen LogP contribution in [0.2, 0.25) is 0 Å². The molecule has 0 aliphatic carbocycles. The van der Waals surface area contributed by atoms with Gasteiger partial charge >= 0.3 is 7.60 Å². The molecule has 0 atom stereocenters. The highest BCUT2D eigenvalue weighted by Gasteiger charge is 2.23. The van der Waals surface area contributed by atoms with E-state index in [1.54, 1.807) is 6.08 Å². The second-order valence-electron chi connectivity index (χ2n) is 3.34. The quantitative estimate of drug-likeness (QED) is 0.578. The minimum Gasteiger partial charge on any atom is -0.312 e. The Morgan fingerprint density at radius 1 is 1.24 bits per heavy atom. The highest BCUT2D eigenvalue weighted by atomic mass is 31.2. The van der Waals surface area contributed by atoms with Crippen LogP contribution < -0.4 is 0 Å². The maximum atomic E-state index is 11.7. The average Bonchev–Trinajstić information content (AvgIpc) is 2.37. The summed E-state index contributed by atoms with van der Waals surface area (Å²) >= 11 is 0. The Bertz CT molecular complexity index is 431. The Morgan fingerprint density at radius 3 is 2.35 bits per heavy atom. The Morgan fingerprint density at radius 2 is 1.82 bits per heavy atom. The Balaban J connectivity index is 2.62. The molecule has 0 radical (unpaired) electrons. The second-order valence-corrected chi connectivity index (χ2v) is 5.61. The standard InChI is InChI=1S/C12H15O4P/c1-15-17(14,16-2)10-12(13)9-8-11-6-4-3-5-7-11/h3-9H,10H2,1-2H3/b9-8+. The van der Waals surface area contributed by atoms with Crippen LogP contribution in [0.25, 0.3) is 6.08 Å². The van der Waals surface area contributed by atoms with E-state index in [-0.39, 0.29) is 11.9 Å². The van der Waals surface area contributed by atoms with Gasteiger partial charge in [0.2, 0.25) is 0 Å². The molecule has 0 aliphatic rings. The predicted molar refractivity (Wildman–Crippen MR) is 67.0 cm³/mol. The third kappa shape index (κ3) is 4.65. The molecule has 0 N–H and O–H groups in total. The van der Waals surface area contributed by atoms with Crippen molar-refractivity contribution in [2.75, 3.05) is 20.4 Å². The third-order valence-electron chi connectivity index (χ3n) is 2.17. The van der Waals surface area contributed by atoms with Gasteiger partial charge in [0.05, 0.1) is 0 Å². The van der Waals surface area contributed by atoms with E-state index in [0.717, 1.165) is 5.56 Å². The van der Waals surface area contributed by atoms with Crippen molar-refractivity contribution >= 4 is 19.5 Å². The third-order valence-corrected chi connectivity index (χ3v) is 3.98. The number of carbonyl (C=O) groups excluding carboxylic acids is 1. The molecule has 0 saturated heterocycles. The fourth-order valence-electron chi connectivity index (χ4n) is 1.20. The number of carbonyl (C=O) groups is 1. The molecule has 0 bridgehead atoms. The molecule has 0 unspecified atom stereocenters. The Kier molecular flexibility index (Phi) is 5.29. The number of ketones is 1. The monoisotopic (exact) mass is 254 g/mol. The largest absolute Gasteiger partial charge is 0.337 e. The lowest BCUT2D eigenvalue weighted by Gasteiger charge is -2.10. The maximum absolute atomic E-state index is 11.7. The molecule has 1 aromatic carbocycles. The van der Waals surface area contributed by atoms with Crippen molar-refractivity contribution in [2.45, 2.75) is 0 Å². The Hall–Kier alpha value is -1.22. The van der Waals surface area contributed by atoms with Gasteiger partial charge in [0, 0.05) is 14.2 Å². The summed E-state index contributed by atoms with van der Waals surface area (Å²) in [5, 5.41) is 0. The van der Waals surface area contributed by atoms with Crippen LogP contribution in [-0.4, -0.2) is 26.2 Å². The molecular formula is C12H15O4P. The van der Waals surface area contributed by atoms with Crippen LogP contribution in [-0.2, 0) is 18.4 Å². The summed E-state index contributed by atoms with van der Waals surface area (Å²) in [4.78, 5) is 11.5. The first-order chi connectivity index (χ1) is 8.09. The van der Waals surface area contributed by atoms with Gasteiger partial charge in [0.1, 0.15) is 6.16 Å². The lowest BCUT2D eigenvalue weighted by molar-refractivity contribution is -0.112. The second kappa shape index (κ2) is 6.50. The minimum atomic E-state index is -3.26. The first kappa shape index (κ1) is 13.8. The molecule has 0 amide bonds. The van der Waals surface area contributed by atoms with Gasteiger partial charge in [-0.15, -0.1) is 0 Å². The van der Waals surface area contributed by atoms with Crippen molar-refractivity contribution in [3.05, 3.63) is 42.0 Å². The zero-order valence-corrected chi connectivity index (χ0v) is 10.7. The van der Waals surface area contributed by atoms with Gasteiger partial charge in [0.15, 0.2) is 5.78 Å². The lowest BCUT2D eigenvalue weighted by Crippen LogP contribution is -2.04. The molecule has 0 fully saturated rings. The van der Waals surface area contributed by atoms with Gasteiger partial charge in [-0.05, 0) is 11.6 Å². The van der Waals surface area contributed by atoms with Crippen LogP contribution in [0.1, 0.15) is 5.56 Å². The predicted octanol–water partition coefficient (Wildman–Crippen LogP) is 2.75. The summed E-state index contributed by atoms with van der Waals surface area (Å²) in [5.41, 5.74) is 0.908. The van der Waals surface area contributed by atoms with Crippen molar-refractivity contribution in [1.82, 2.24) is 0 Å². The number of hydrogen-bond donors (Lipinski definition) is 0. The molecule has 0 heterocycles. The zero-order valence-electron chi connectivity index (χ0n) is 9.83. The van der Waals surface area contributed by atoms with Gasteiger partial charge in [0.25, 0.3) is 0 Å². The summed E-state index contributed by atoms with van der Waals surface area (Å²) in [7, 11) is -0.735. The highest BCUT2D eigenvalue weighted by molar-refractivity contribution is 7.54. The fourth-order valence-corrected chi connectivity index (χ4v) is 2.09. The Labute approximate surface area is 101 Å². The summed E-state index contributed by atoms with van der Waals surface area (Å²) in [6, 6.07) is 9.38. The molecule has 1 aromatic rings. The van der Waals surface area contributed by atoms with E-state index in [2.05, 4.69) is 9.05 Å². The topological polar surface area (TPSA) is 52.6 Å².